The molecule has 0 radical (unpaired) electrons. The molecule has 0 aromatic heterocycles. The van der Waals surface area contributed by atoms with Crippen LogP contribution in [-0.2, 0) is 14.4 Å². The number of carboxylic acids is 1. The third-order valence-electron chi connectivity index (χ3n) is 4.44. The first kappa shape index (κ1) is 24.9. The SMILES string of the molecule is C/C(=N/NC(=O)CCCOc1ccc(Cl)cc1C)c1ccc(NC(=O)CCC(=O)O)cc1. The van der Waals surface area contributed by atoms with Crippen LogP contribution in [0.15, 0.2) is 47.6 Å². The molecule has 2 aromatic carbocycles. The smallest absolute Gasteiger partial charge is 0.303 e. The van der Waals surface area contributed by atoms with E-state index < -0.39 is 5.97 Å². The lowest BCUT2D eigenvalue weighted by Gasteiger charge is -2.09. The predicted octanol–water partition coefficient (Wildman–Crippen LogP) is 4.15. The van der Waals surface area contributed by atoms with Gasteiger partial charge in [0.25, 0.3) is 0 Å². The van der Waals surface area contributed by atoms with E-state index in [2.05, 4.69) is 15.8 Å². The number of carboxylic acid groups (broad SMARTS) is 1. The number of nitrogens with zero attached hydrogens (tertiary/aromatic N) is 1. The van der Waals surface area contributed by atoms with Crippen molar-refractivity contribution in [1.82, 2.24) is 5.43 Å². The van der Waals surface area contributed by atoms with Crippen LogP contribution < -0.4 is 15.5 Å². The Bertz CT molecular complexity index is 990. The normalized spacial score (nSPS) is 11.0. The number of ether oxygens (including phenoxy) is 1. The van der Waals surface area contributed by atoms with Crippen LogP contribution in [0.5, 0.6) is 5.75 Å². The van der Waals surface area contributed by atoms with Gasteiger partial charge in [-0.3, -0.25) is 14.4 Å². The maximum absolute atomic E-state index is 12.0. The van der Waals surface area contributed by atoms with E-state index in [0.29, 0.717) is 29.4 Å². The molecular formula is C23H26ClN3O5. The minimum Gasteiger partial charge on any atom is -0.493 e. The summed E-state index contributed by atoms with van der Waals surface area (Å²) in [5, 5.41) is 16.0. The van der Waals surface area contributed by atoms with E-state index in [1.165, 1.54) is 0 Å². The number of rotatable bonds is 11. The van der Waals surface area contributed by atoms with Crippen molar-refractivity contribution in [3.63, 3.8) is 0 Å². The highest BCUT2D eigenvalue weighted by atomic mass is 35.5. The van der Waals surface area contributed by atoms with E-state index in [9.17, 15) is 14.4 Å². The van der Waals surface area contributed by atoms with Gasteiger partial charge in [0.2, 0.25) is 11.8 Å². The Labute approximate surface area is 191 Å². The molecule has 0 spiro atoms. The molecule has 0 aliphatic rings. The van der Waals surface area contributed by atoms with E-state index in [4.69, 9.17) is 21.4 Å². The first-order chi connectivity index (χ1) is 15.2. The van der Waals surface area contributed by atoms with Crippen LogP contribution in [0.1, 0.15) is 43.7 Å². The number of aryl methyl sites for hydroxylation is 1. The summed E-state index contributed by atoms with van der Waals surface area (Å²) in [5.74, 6) is -0.866. The molecule has 9 heteroatoms. The number of amides is 2. The summed E-state index contributed by atoms with van der Waals surface area (Å²) in [4.78, 5) is 34.2. The number of hydrogen-bond acceptors (Lipinski definition) is 5. The van der Waals surface area contributed by atoms with Gasteiger partial charge in [-0.1, -0.05) is 23.7 Å². The van der Waals surface area contributed by atoms with Gasteiger partial charge in [0.15, 0.2) is 0 Å². The van der Waals surface area contributed by atoms with Gasteiger partial charge in [-0.15, -0.1) is 0 Å². The lowest BCUT2D eigenvalue weighted by molar-refractivity contribution is -0.138. The van der Waals surface area contributed by atoms with Gasteiger partial charge in [-0.2, -0.15) is 5.10 Å². The van der Waals surface area contributed by atoms with Gasteiger partial charge in [0.05, 0.1) is 18.7 Å². The minimum absolute atomic E-state index is 0.0893. The Kier molecular flexibility index (Phi) is 9.69. The van der Waals surface area contributed by atoms with Crippen molar-refractivity contribution in [2.45, 2.75) is 39.5 Å². The van der Waals surface area contributed by atoms with Gasteiger partial charge in [-0.25, -0.2) is 5.43 Å². The molecule has 0 heterocycles. The molecule has 170 valence electrons. The van der Waals surface area contributed by atoms with Crippen LogP contribution in [0.2, 0.25) is 5.02 Å². The predicted molar refractivity (Wildman–Crippen MR) is 123 cm³/mol. The number of hydrogen-bond donors (Lipinski definition) is 3. The molecule has 32 heavy (non-hydrogen) atoms. The number of hydrazone groups is 1. The fraction of sp³-hybridized carbons (Fsp3) is 0.304. The third-order valence-corrected chi connectivity index (χ3v) is 4.68. The number of carbonyl (C=O) groups excluding carboxylic acids is 2. The molecule has 2 aromatic rings. The molecule has 3 N–H and O–H groups in total. The quantitative estimate of drug-likeness (QED) is 0.265. The van der Waals surface area contributed by atoms with Crippen molar-refractivity contribution in [2.75, 3.05) is 11.9 Å². The molecule has 0 saturated carbocycles. The number of carbonyl (C=O) groups is 3. The van der Waals surface area contributed by atoms with Crippen LogP contribution in [0.25, 0.3) is 0 Å². The summed E-state index contributed by atoms with van der Waals surface area (Å²) >= 11 is 5.92. The Balaban J connectivity index is 1.74. The molecule has 0 atom stereocenters. The second kappa shape index (κ2) is 12.5. The molecule has 0 fully saturated rings. The first-order valence-electron chi connectivity index (χ1n) is 10.1. The van der Waals surface area contributed by atoms with E-state index >= 15 is 0 Å². The summed E-state index contributed by atoms with van der Waals surface area (Å²) in [6, 6.07) is 12.3. The second-order valence-corrected chi connectivity index (χ2v) is 7.55. The zero-order valence-electron chi connectivity index (χ0n) is 18.0. The van der Waals surface area contributed by atoms with Crippen LogP contribution in [-0.4, -0.2) is 35.2 Å². The zero-order valence-corrected chi connectivity index (χ0v) is 18.7. The van der Waals surface area contributed by atoms with Gasteiger partial charge in [0.1, 0.15) is 5.75 Å². The second-order valence-electron chi connectivity index (χ2n) is 7.11. The fourth-order valence-electron chi connectivity index (χ4n) is 2.69. The Hall–Kier alpha value is -3.39. The number of anilines is 1. The van der Waals surface area contributed by atoms with Crippen molar-refractivity contribution < 1.29 is 24.2 Å². The molecule has 0 bridgehead atoms. The summed E-state index contributed by atoms with van der Waals surface area (Å²) in [6.45, 7) is 4.07. The number of aliphatic carboxylic acids is 1. The van der Waals surface area contributed by atoms with Crippen molar-refractivity contribution in [2.24, 2.45) is 5.10 Å². The molecule has 2 rings (SSSR count). The van der Waals surface area contributed by atoms with Crippen molar-refractivity contribution in [3.8, 4) is 5.75 Å². The van der Waals surface area contributed by atoms with Crippen LogP contribution in [0.3, 0.4) is 0 Å². The van der Waals surface area contributed by atoms with E-state index in [1.54, 1.807) is 43.3 Å². The van der Waals surface area contributed by atoms with Crippen molar-refractivity contribution in [1.29, 1.82) is 0 Å². The highest BCUT2D eigenvalue weighted by Gasteiger charge is 2.07. The Morgan fingerprint density at radius 2 is 1.75 bits per heavy atom. The van der Waals surface area contributed by atoms with Crippen molar-refractivity contribution >= 4 is 40.8 Å². The van der Waals surface area contributed by atoms with Crippen LogP contribution >= 0.6 is 11.6 Å². The average Bonchev–Trinajstić information content (AvgIpc) is 2.75. The molecular weight excluding hydrogens is 434 g/mol. The van der Waals surface area contributed by atoms with E-state index in [0.717, 1.165) is 16.9 Å². The third kappa shape index (κ3) is 8.77. The van der Waals surface area contributed by atoms with E-state index in [1.807, 2.05) is 13.0 Å². The Morgan fingerprint density at radius 1 is 1.03 bits per heavy atom. The Morgan fingerprint density at radius 3 is 2.41 bits per heavy atom. The standard InChI is InChI=1S/C23H26ClN3O5/c1-15-14-18(24)7-10-20(15)32-13-3-4-22(29)27-26-16(2)17-5-8-19(9-6-17)25-21(28)11-12-23(30)31/h5-10,14H,3-4,11-13H2,1-2H3,(H,25,28)(H,27,29)(H,30,31)/b26-16-. The van der Waals surface area contributed by atoms with Gasteiger partial charge in [-0.05, 0) is 61.7 Å². The summed E-state index contributed by atoms with van der Waals surface area (Å²) in [5.41, 5.74) is 5.39. The number of halogens is 1. The minimum atomic E-state index is -1.02. The summed E-state index contributed by atoms with van der Waals surface area (Å²) in [7, 11) is 0. The monoisotopic (exact) mass is 459 g/mol. The molecule has 0 aliphatic carbocycles. The van der Waals surface area contributed by atoms with Crippen LogP contribution in [0.4, 0.5) is 5.69 Å². The largest absolute Gasteiger partial charge is 0.493 e. The first-order valence-corrected chi connectivity index (χ1v) is 10.5. The highest BCUT2D eigenvalue weighted by molar-refractivity contribution is 6.30. The summed E-state index contributed by atoms with van der Waals surface area (Å²) in [6.07, 6.45) is 0.500. The van der Waals surface area contributed by atoms with Crippen LogP contribution in [0, 0.1) is 6.92 Å². The maximum atomic E-state index is 12.0. The lowest BCUT2D eigenvalue weighted by atomic mass is 10.1. The molecule has 8 nitrogen and oxygen atoms in total. The fourth-order valence-corrected chi connectivity index (χ4v) is 2.92. The highest BCUT2D eigenvalue weighted by Crippen LogP contribution is 2.21. The topological polar surface area (TPSA) is 117 Å². The summed E-state index contributed by atoms with van der Waals surface area (Å²) < 4.78 is 5.67. The number of benzene rings is 2. The number of nitrogens with one attached hydrogen (secondary N) is 2. The average molecular weight is 460 g/mol. The molecule has 0 saturated heterocycles. The molecule has 2 amide bonds. The van der Waals surface area contributed by atoms with Gasteiger partial charge >= 0.3 is 5.97 Å². The molecule has 0 unspecified atom stereocenters. The maximum Gasteiger partial charge on any atom is 0.303 e. The van der Waals surface area contributed by atoms with E-state index in [-0.39, 0.29) is 31.1 Å². The molecule has 0 aliphatic heterocycles. The zero-order chi connectivity index (χ0) is 23.5. The van der Waals surface area contributed by atoms with Crippen molar-refractivity contribution in [3.05, 3.63) is 58.6 Å². The van der Waals surface area contributed by atoms with Gasteiger partial charge in [0, 0.05) is 23.6 Å². The van der Waals surface area contributed by atoms with Gasteiger partial charge < -0.3 is 15.2 Å². The lowest BCUT2D eigenvalue weighted by Crippen LogP contribution is -2.19.